The lowest BCUT2D eigenvalue weighted by molar-refractivity contribution is 0.381. The standard InChI is InChI=1S/C12H10F5N3/c1-20-6(3-5-19-20)2-4-18-12-10(16)8(14)7(13)9(15)11(12)17/h3,5,18H,2,4H2,1H3. The number of hydrogen-bond donors (Lipinski definition) is 1. The first-order valence-electron chi connectivity index (χ1n) is 5.65. The Bertz CT molecular complexity index is 609. The molecule has 1 N–H and O–H groups in total. The maximum Gasteiger partial charge on any atom is 0.200 e. The molecule has 0 aliphatic carbocycles. The molecule has 20 heavy (non-hydrogen) atoms. The van der Waals surface area contributed by atoms with Crippen molar-refractivity contribution in [1.82, 2.24) is 9.78 Å². The molecule has 2 aromatic rings. The van der Waals surface area contributed by atoms with Gasteiger partial charge >= 0.3 is 0 Å². The second-order valence-electron chi connectivity index (χ2n) is 4.07. The van der Waals surface area contributed by atoms with Gasteiger partial charge in [-0.05, 0) is 6.07 Å². The summed E-state index contributed by atoms with van der Waals surface area (Å²) in [5, 5.41) is 6.11. The van der Waals surface area contributed by atoms with Crippen LogP contribution in [0.5, 0.6) is 0 Å². The number of aromatic nitrogens is 2. The molecule has 0 amide bonds. The summed E-state index contributed by atoms with van der Waals surface area (Å²) in [6, 6.07) is 1.68. The second kappa shape index (κ2) is 5.48. The zero-order valence-corrected chi connectivity index (χ0v) is 10.4. The van der Waals surface area contributed by atoms with Gasteiger partial charge in [0.2, 0.25) is 5.82 Å². The minimum absolute atomic E-state index is 0.00210. The fourth-order valence-electron chi connectivity index (χ4n) is 1.72. The maximum atomic E-state index is 13.3. The molecule has 108 valence electrons. The van der Waals surface area contributed by atoms with Crippen LogP contribution in [0.15, 0.2) is 12.3 Å². The van der Waals surface area contributed by atoms with Crippen molar-refractivity contribution in [3.63, 3.8) is 0 Å². The molecule has 0 spiro atoms. The minimum atomic E-state index is -2.17. The molecule has 0 aliphatic rings. The van der Waals surface area contributed by atoms with E-state index in [9.17, 15) is 22.0 Å². The Labute approximate surface area is 111 Å². The van der Waals surface area contributed by atoms with Gasteiger partial charge in [0.05, 0.1) is 0 Å². The van der Waals surface area contributed by atoms with Crippen molar-refractivity contribution < 1.29 is 22.0 Å². The first-order chi connectivity index (χ1) is 9.43. The van der Waals surface area contributed by atoms with Gasteiger partial charge in [-0.25, -0.2) is 22.0 Å². The SMILES string of the molecule is Cn1nccc1CCNc1c(F)c(F)c(F)c(F)c1F. The van der Waals surface area contributed by atoms with E-state index in [-0.39, 0.29) is 6.54 Å². The van der Waals surface area contributed by atoms with Gasteiger partial charge in [0.15, 0.2) is 23.3 Å². The lowest BCUT2D eigenvalue weighted by Gasteiger charge is -2.10. The highest BCUT2D eigenvalue weighted by atomic mass is 19.2. The Balaban J connectivity index is 2.16. The topological polar surface area (TPSA) is 29.9 Å². The van der Waals surface area contributed by atoms with E-state index in [1.165, 1.54) is 6.20 Å². The number of nitrogens with one attached hydrogen (secondary N) is 1. The van der Waals surface area contributed by atoms with E-state index in [4.69, 9.17) is 0 Å². The van der Waals surface area contributed by atoms with Crippen LogP contribution in [0.2, 0.25) is 0 Å². The summed E-state index contributed by atoms with van der Waals surface area (Å²) in [7, 11) is 1.67. The number of rotatable bonds is 4. The minimum Gasteiger partial charge on any atom is -0.380 e. The molecule has 2 rings (SSSR count). The fraction of sp³-hybridized carbons (Fsp3) is 0.250. The van der Waals surface area contributed by atoms with E-state index in [0.29, 0.717) is 6.42 Å². The van der Waals surface area contributed by atoms with Crippen LogP contribution in [0.1, 0.15) is 5.69 Å². The number of halogens is 5. The van der Waals surface area contributed by atoms with Crippen molar-refractivity contribution in [2.75, 3.05) is 11.9 Å². The summed E-state index contributed by atoms with van der Waals surface area (Å²) in [5.74, 6) is -9.84. The average molecular weight is 291 g/mol. The highest BCUT2D eigenvalue weighted by molar-refractivity contribution is 5.47. The zero-order chi connectivity index (χ0) is 14.9. The molecular formula is C12H10F5N3. The van der Waals surface area contributed by atoms with Crippen LogP contribution in [0.3, 0.4) is 0 Å². The molecule has 0 radical (unpaired) electrons. The van der Waals surface area contributed by atoms with Crippen LogP contribution in [-0.4, -0.2) is 16.3 Å². The predicted octanol–water partition coefficient (Wildman–Crippen LogP) is 2.77. The van der Waals surface area contributed by atoms with E-state index in [1.807, 2.05) is 0 Å². The lowest BCUT2D eigenvalue weighted by Crippen LogP contribution is -2.13. The summed E-state index contributed by atoms with van der Waals surface area (Å²) in [6.45, 7) is -0.00210. The molecular weight excluding hydrogens is 281 g/mol. The Hall–Kier alpha value is -2.12. The van der Waals surface area contributed by atoms with Gasteiger partial charge in [0.25, 0.3) is 0 Å². The third-order valence-electron chi connectivity index (χ3n) is 2.82. The Morgan fingerprint density at radius 2 is 1.55 bits per heavy atom. The monoisotopic (exact) mass is 291 g/mol. The third-order valence-corrected chi connectivity index (χ3v) is 2.82. The molecule has 0 unspecified atom stereocenters. The van der Waals surface area contributed by atoms with Gasteiger partial charge in [-0.15, -0.1) is 0 Å². The van der Waals surface area contributed by atoms with Crippen LogP contribution < -0.4 is 5.32 Å². The quantitative estimate of drug-likeness (QED) is 0.533. The molecule has 1 heterocycles. The number of benzene rings is 1. The molecule has 0 fully saturated rings. The van der Waals surface area contributed by atoms with Crippen LogP contribution >= 0.6 is 0 Å². The summed E-state index contributed by atoms with van der Waals surface area (Å²) in [5.41, 5.74) is -0.273. The molecule has 0 aliphatic heterocycles. The summed E-state index contributed by atoms with van der Waals surface area (Å²) in [6.07, 6.45) is 1.85. The molecule has 0 bridgehead atoms. The molecule has 0 saturated carbocycles. The van der Waals surface area contributed by atoms with Crippen LogP contribution in [0.4, 0.5) is 27.6 Å². The van der Waals surface area contributed by atoms with Gasteiger partial charge in [0, 0.05) is 31.9 Å². The molecule has 1 aromatic heterocycles. The van der Waals surface area contributed by atoms with Crippen molar-refractivity contribution in [3.05, 3.63) is 47.0 Å². The van der Waals surface area contributed by atoms with Crippen molar-refractivity contribution >= 4 is 5.69 Å². The number of hydrogen-bond acceptors (Lipinski definition) is 2. The van der Waals surface area contributed by atoms with Crippen molar-refractivity contribution in [3.8, 4) is 0 Å². The van der Waals surface area contributed by atoms with Gasteiger partial charge in [-0.2, -0.15) is 5.10 Å². The second-order valence-corrected chi connectivity index (χ2v) is 4.07. The lowest BCUT2D eigenvalue weighted by atomic mass is 10.2. The summed E-state index contributed by atoms with van der Waals surface area (Å²) in [4.78, 5) is 0. The van der Waals surface area contributed by atoms with Gasteiger partial charge < -0.3 is 5.32 Å². The smallest absolute Gasteiger partial charge is 0.200 e. The first-order valence-corrected chi connectivity index (χ1v) is 5.65. The zero-order valence-electron chi connectivity index (χ0n) is 10.4. The van der Waals surface area contributed by atoms with Crippen LogP contribution in [-0.2, 0) is 13.5 Å². The maximum absolute atomic E-state index is 13.3. The first kappa shape index (κ1) is 14.3. The predicted molar refractivity (Wildman–Crippen MR) is 61.6 cm³/mol. The largest absolute Gasteiger partial charge is 0.380 e. The molecule has 0 atom stereocenters. The van der Waals surface area contributed by atoms with Gasteiger partial charge in [0.1, 0.15) is 5.69 Å². The van der Waals surface area contributed by atoms with E-state index in [0.717, 1.165) is 5.69 Å². The highest BCUT2D eigenvalue weighted by Gasteiger charge is 2.25. The van der Waals surface area contributed by atoms with Crippen molar-refractivity contribution in [2.24, 2.45) is 7.05 Å². The summed E-state index contributed by atoms with van der Waals surface area (Å²) >= 11 is 0. The fourth-order valence-corrected chi connectivity index (χ4v) is 1.72. The Kier molecular flexibility index (Phi) is 3.91. The average Bonchev–Trinajstić information content (AvgIpc) is 2.84. The van der Waals surface area contributed by atoms with Crippen LogP contribution in [0, 0.1) is 29.1 Å². The third kappa shape index (κ3) is 2.45. The van der Waals surface area contributed by atoms with Gasteiger partial charge in [-0.1, -0.05) is 0 Å². The van der Waals surface area contributed by atoms with Gasteiger partial charge in [-0.3, -0.25) is 4.68 Å². The normalized spacial score (nSPS) is 10.9. The number of nitrogens with zero attached hydrogens (tertiary/aromatic N) is 2. The van der Waals surface area contributed by atoms with E-state index in [2.05, 4.69) is 10.4 Å². The molecule has 1 aromatic carbocycles. The van der Waals surface area contributed by atoms with E-state index >= 15 is 0 Å². The van der Waals surface area contributed by atoms with E-state index < -0.39 is 34.8 Å². The summed E-state index contributed by atoms with van der Waals surface area (Å²) < 4.78 is 67.0. The Morgan fingerprint density at radius 3 is 2.05 bits per heavy atom. The van der Waals surface area contributed by atoms with E-state index in [1.54, 1.807) is 17.8 Å². The molecule has 3 nitrogen and oxygen atoms in total. The van der Waals surface area contributed by atoms with Crippen molar-refractivity contribution in [2.45, 2.75) is 6.42 Å². The Morgan fingerprint density at radius 1 is 1.00 bits per heavy atom. The van der Waals surface area contributed by atoms with Crippen molar-refractivity contribution in [1.29, 1.82) is 0 Å². The number of aryl methyl sites for hydroxylation is 1. The highest BCUT2D eigenvalue weighted by Crippen LogP contribution is 2.26. The van der Waals surface area contributed by atoms with Crippen LogP contribution in [0.25, 0.3) is 0 Å². The molecule has 0 saturated heterocycles. The molecule has 8 heteroatoms. The number of anilines is 1.